The zero-order valence-corrected chi connectivity index (χ0v) is 14.5. The van der Waals surface area contributed by atoms with E-state index >= 15 is 0 Å². The van der Waals surface area contributed by atoms with Crippen LogP contribution in [0.1, 0.15) is 6.42 Å². The van der Waals surface area contributed by atoms with Crippen molar-refractivity contribution in [3.05, 3.63) is 54.6 Å². The summed E-state index contributed by atoms with van der Waals surface area (Å²) in [6, 6.07) is 15.0. The van der Waals surface area contributed by atoms with E-state index in [1.54, 1.807) is 12.1 Å². The fraction of sp³-hybridized carbons (Fsp3) is 0.222. The first kappa shape index (κ1) is 19.7. The van der Waals surface area contributed by atoms with Crippen molar-refractivity contribution in [2.45, 2.75) is 17.1 Å². The van der Waals surface area contributed by atoms with E-state index in [-0.39, 0.29) is 13.0 Å². The van der Waals surface area contributed by atoms with Crippen LogP contribution in [0.15, 0.2) is 59.5 Å². The molecule has 2 aromatic rings. The van der Waals surface area contributed by atoms with E-state index in [9.17, 15) is 18.4 Å². The van der Waals surface area contributed by atoms with Gasteiger partial charge in [0.1, 0.15) is 5.75 Å². The minimum absolute atomic E-state index is 0.0156. The van der Waals surface area contributed by atoms with Crippen LogP contribution >= 0.6 is 11.8 Å². The Morgan fingerprint density at radius 2 is 1.73 bits per heavy atom. The van der Waals surface area contributed by atoms with E-state index in [2.05, 4.69) is 5.32 Å². The third-order valence-electron chi connectivity index (χ3n) is 3.05. The molecule has 0 heterocycles. The van der Waals surface area contributed by atoms with Crippen LogP contribution in [-0.4, -0.2) is 30.8 Å². The maximum Gasteiger partial charge on any atom is 0.309 e. The van der Waals surface area contributed by atoms with Gasteiger partial charge in [0.05, 0.1) is 13.0 Å². The van der Waals surface area contributed by atoms with Gasteiger partial charge in [-0.2, -0.15) is 8.78 Å². The van der Waals surface area contributed by atoms with Crippen molar-refractivity contribution in [1.82, 2.24) is 0 Å². The predicted molar refractivity (Wildman–Crippen MR) is 94.4 cm³/mol. The van der Waals surface area contributed by atoms with Crippen LogP contribution in [0.4, 0.5) is 14.5 Å². The fourth-order valence-corrected chi connectivity index (χ4v) is 2.40. The van der Waals surface area contributed by atoms with E-state index in [4.69, 9.17) is 9.47 Å². The fourth-order valence-electron chi connectivity index (χ4n) is 1.90. The molecule has 138 valence electrons. The van der Waals surface area contributed by atoms with Crippen LogP contribution in [0.3, 0.4) is 0 Å². The quantitative estimate of drug-likeness (QED) is 0.526. The molecular formula is C18H17F2NO4S. The molecule has 1 amide bonds. The number of alkyl halides is 2. The number of nitrogens with one attached hydrogen (secondary N) is 1. The highest BCUT2D eigenvalue weighted by atomic mass is 32.2. The number of ether oxygens (including phenoxy) is 2. The number of halogens is 2. The Labute approximate surface area is 153 Å². The van der Waals surface area contributed by atoms with Gasteiger partial charge in [0.15, 0.2) is 6.61 Å². The van der Waals surface area contributed by atoms with Crippen molar-refractivity contribution < 1.29 is 27.8 Å². The molecule has 0 spiro atoms. The summed E-state index contributed by atoms with van der Waals surface area (Å²) in [7, 11) is 0. The number of hydrogen-bond donors (Lipinski definition) is 1. The van der Waals surface area contributed by atoms with Crippen LogP contribution < -0.4 is 10.1 Å². The number of thioether (sulfide) groups is 1. The van der Waals surface area contributed by atoms with Crippen molar-refractivity contribution in [3.63, 3.8) is 0 Å². The molecule has 1 N–H and O–H groups in total. The summed E-state index contributed by atoms with van der Waals surface area (Å²) < 4.78 is 34.7. The molecule has 0 atom stereocenters. The normalized spacial score (nSPS) is 10.4. The van der Waals surface area contributed by atoms with E-state index in [1.165, 1.54) is 24.3 Å². The first-order valence-electron chi connectivity index (χ1n) is 7.71. The number of benzene rings is 2. The highest BCUT2D eigenvalue weighted by Gasteiger charge is 2.09. The summed E-state index contributed by atoms with van der Waals surface area (Å²) in [5, 5.41) is 2.52. The van der Waals surface area contributed by atoms with Gasteiger partial charge in [-0.1, -0.05) is 30.0 Å². The molecule has 0 aliphatic rings. The first-order valence-corrected chi connectivity index (χ1v) is 8.59. The molecule has 5 nitrogen and oxygen atoms in total. The second kappa shape index (κ2) is 10.4. The Morgan fingerprint density at radius 3 is 2.38 bits per heavy atom. The molecule has 0 aromatic heterocycles. The lowest BCUT2D eigenvalue weighted by molar-refractivity contribution is -0.147. The number of amides is 1. The molecule has 26 heavy (non-hydrogen) atoms. The van der Waals surface area contributed by atoms with Crippen LogP contribution in [0.25, 0.3) is 0 Å². The van der Waals surface area contributed by atoms with Gasteiger partial charge in [0.25, 0.3) is 11.7 Å². The van der Waals surface area contributed by atoms with Gasteiger partial charge in [0.2, 0.25) is 0 Å². The van der Waals surface area contributed by atoms with E-state index in [0.29, 0.717) is 28.1 Å². The molecule has 2 aromatic carbocycles. The number of carbonyl (C=O) groups is 2. The van der Waals surface area contributed by atoms with Crippen molar-refractivity contribution >= 4 is 29.3 Å². The molecule has 0 aliphatic carbocycles. The SMILES string of the molecule is O=C(COC(=O)CCOc1ccccc1)Nc1ccc(SC(F)F)cc1. The second-order valence-corrected chi connectivity index (χ2v) is 6.09. The summed E-state index contributed by atoms with van der Waals surface area (Å²) in [6.07, 6.45) is 0.0156. The summed E-state index contributed by atoms with van der Waals surface area (Å²) in [5.41, 5.74) is 0.428. The van der Waals surface area contributed by atoms with E-state index in [1.807, 2.05) is 18.2 Å². The number of esters is 1. The average Bonchev–Trinajstić information content (AvgIpc) is 2.62. The Balaban J connectivity index is 1.65. The topological polar surface area (TPSA) is 64.6 Å². The van der Waals surface area contributed by atoms with E-state index in [0.717, 1.165) is 0 Å². The molecule has 8 heteroatoms. The standard InChI is InChI=1S/C18H17F2NO4S/c19-18(20)26-15-8-6-13(7-9-15)21-16(22)12-25-17(23)10-11-24-14-4-2-1-3-5-14/h1-9,18H,10-12H2,(H,21,22). The Kier molecular flexibility index (Phi) is 7.88. The Bertz CT molecular complexity index is 711. The molecule has 0 fully saturated rings. The number of hydrogen-bond acceptors (Lipinski definition) is 5. The van der Waals surface area contributed by atoms with Gasteiger partial charge in [0, 0.05) is 10.6 Å². The molecule has 0 bridgehead atoms. The molecule has 0 unspecified atom stereocenters. The molecule has 2 rings (SSSR count). The zero-order valence-electron chi connectivity index (χ0n) is 13.7. The summed E-state index contributed by atoms with van der Waals surface area (Å²) in [4.78, 5) is 23.7. The maximum atomic E-state index is 12.2. The van der Waals surface area contributed by atoms with Gasteiger partial charge >= 0.3 is 5.97 Å². The summed E-state index contributed by atoms with van der Waals surface area (Å²) >= 11 is 0.419. The number of anilines is 1. The highest BCUT2D eigenvalue weighted by molar-refractivity contribution is 7.99. The van der Waals surface area contributed by atoms with Crippen LogP contribution in [0.2, 0.25) is 0 Å². The van der Waals surface area contributed by atoms with Crippen LogP contribution in [-0.2, 0) is 14.3 Å². The number of para-hydroxylation sites is 1. The minimum atomic E-state index is -2.50. The highest BCUT2D eigenvalue weighted by Crippen LogP contribution is 2.26. The lowest BCUT2D eigenvalue weighted by Gasteiger charge is -2.08. The van der Waals surface area contributed by atoms with Crippen molar-refractivity contribution in [2.24, 2.45) is 0 Å². The third-order valence-corrected chi connectivity index (χ3v) is 3.77. The predicted octanol–water partition coefficient (Wildman–Crippen LogP) is 3.95. The smallest absolute Gasteiger partial charge is 0.309 e. The van der Waals surface area contributed by atoms with Gasteiger partial charge in [-0.3, -0.25) is 9.59 Å². The van der Waals surface area contributed by atoms with Crippen LogP contribution in [0, 0.1) is 0 Å². The third kappa shape index (κ3) is 7.52. The number of carbonyl (C=O) groups excluding carboxylic acids is 2. The number of rotatable bonds is 9. The van der Waals surface area contributed by atoms with Crippen molar-refractivity contribution in [2.75, 3.05) is 18.5 Å². The van der Waals surface area contributed by atoms with Crippen molar-refractivity contribution in [1.29, 1.82) is 0 Å². The molecule has 0 radical (unpaired) electrons. The lowest BCUT2D eigenvalue weighted by atomic mass is 10.3. The molecule has 0 saturated heterocycles. The second-order valence-electron chi connectivity index (χ2n) is 5.02. The maximum absolute atomic E-state index is 12.2. The average molecular weight is 381 g/mol. The van der Waals surface area contributed by atoms with Crippen molar-refractivity contribution in [3.8, 4) is 5.75 Å². The van der Waals surface area contributed by atoms with E-state index < -0.39 is 24.2 Å². The molecule has 0 saturated carbocycles. The van der Waals surface area contributed by atoms with Gasteiger partial charge in [-0.05, 0) is 36.4 Å². The molecular weight excluding hydrogens is 364 g/mol. The minimum Gasteiger partial charge on any atom is -0.493 e. The lowest BCUT2D eigenvalue weighted by Crippen LogP contribution is -2.21. The first-order chi connectivity index (χ1) is 12.5. The summed E-state index contributed by atoms with van der Waals surface area (Å²) in [5.74, 6) is -2.93. The van der Waals surface area contributed by atoms with Gasteiger partial charge in [-0.25, -0.2) is 0 Å². The monoisotopic (exact) mass is 381 g/mol. The zero-order chi connectivity index (χ0) is 18.8. The summed E-state index contributed by atoms with van der Waals surface area (Å²) in [6.45, 7) is -0.286. The van der Waals surface area contributed by atoms with Gasteiger partial charge < -0.3 is 14.8 Å². The Hall–Kier alpha value is -2.61. The van der Waals surface area contributed by atoms with Crippen LogP contribution in [0.5, 0.6) is 5.75 Å². The Morgan fingerprint density at radius 1 is 1.04 bits per heavy atom. The largest absolute Gasteiger partial charge is 0.493 e. The van der Waals surface area contributed by atoms with Gasteiger partial charge in [-0.15, -0.1) is 0 Å². The molecule has 0 aliphatic heterocycles.